The van der Waals surface area contributed by atoms with Gasteiger partial charge in [0.15, 0.2) is 5.78 Å². The van der Waals surface area contributed by atoms with Crippen LogP contribution in [0.25, 0.3) is 0 Å². The lowest BCUT2D eigenvalue weighted by Gasteiger charge is -2.19. The highest BCUT2D eigenvalue weighted by atomic mass is 16.1. The van der Waals surface area contributed by atoms with Crippen molar-refractivity contribution in [2.24, 2.45) is 5.73 Å². The molecule has 2 nitrogen and oxygen atoms in total. The van der Waals surface area contributed by atoms with E-state index in [0.717, 1.165) is 17.5 Å². The summed E-state index contributed by atoms with van der Waals surface area (Å²) in [4.78, 5) is 12.6. The Kier molecular flexibility index (Phi) is 5.08. The van der Waals surface area contributed by atoms with Gasteiger partial charge in [0.25, 0.3) is 0 Å². The lowest BCUT2D eigenvalue weighted by molar-refractivity contribution is -0.121. The largest absolute Gasteiger partial charge is 0.321 e. The van der Waals surface area contributed by atoms with Crippen LogP contribution < -0.4 is 5.73 Å². The molecule has 1 unspecified atom stereocenters. The van der Waals surface area contributed by atoms with Crippen LogP contribution in [-0.2, 0) is 11.2 Å². The minimum atomic E-state index is -0.442. The molecule has 2 atom stereocenters. The summed E-state index contributed by atoms with van der Waals surface area (Å²) in [6.45, 7) is 2.03. The molecule has 2 aromatic carbocycles. The van der Waals surface area contributed by atoms with Crippen molar-refractivity contribution >= 4 is 5.78 Å². The Labute approximate surface area is 120 Å². The topological polar surface area (TPSA) is 43.1 Å². The third kappa shape index (κ3) is 3.55. The highest BCUT2D eigenvalue weighted by Gasteiger charge is 2.24. The Morgan fingerprint density at radius 2 is 1.55 bits per heavy atom. The van der Waals surface area contributed by atoms with Crippen LogP contribution in [0.3, 0.4) is 0 Å². The molecule has 2 heteroatoms. The number of rotatable bonds is 6. The quantitative estimate of drug-likeness (QED) is 0.872. The molecule has 0 aliphatic heterocycles. The number of Topliss-reactive ketones (excluding diaryl/α,β-unsaturated/α-hetero) is 1. The van der Waals surface area contributed by atoms with Gasteiger partial charge in [0.05, 0.1) is 6.04 Å². The summed E-state index contributed by atoms with van der Waals surface area (Å²) in [6.07, 6.45) is 1.38. The van der Waals surface area contributed by atoms with Crippen molar-refractivity contribution in [2.75, 3.05) is 0 Å². The predicted molar refractivity (Wildman–Crippen MR) is 82.6 cm³/mol. The maximum atomic E-state index is 12.6. The van der Waals surface area contributed by atoms with Gasteiger partial charge in [-0.1, -0.05) is 67.6 Å². The Morgan fingerprint density at radius 3 is 2.10 bits per heavy atom. The molecular formula is C18H21NO. The second-order valence-corrected chi connectivity index (χ2v) is 5.07. The summed E-state index contributed by atoms with van der Waals surface area (Å²) in [5, 5.41) is 0. The lowest BCUT2D eigenvalue weighted by atomic mass is 9.87. The van der Waals surface area contributed by atoms with Gasteiger partial charge in [-0.25, -0.2) is 0 Å². The molecule has 20 heavy (non-hydrogen) atoms. The molecule has 104 valence electrons. The van der Waals surface area contributed by atoms with E-state index in [-0.39, 0.29) is 11.7 Å². The number of benzene rings is 2. The van der Waals surface area contributed by atoms with Crippen molar-refractivity contribution in [3.05, 3.63) is 71.8 Å². The summed E-state index contributed by atoms with van der Waals surface area (Å²) in [6, 6.07) is 19.4. The van der Waals surface area contributed by atoms with Crippen LogP contribution in [0.15, 0.2) is 60.7 Å². The molecule has 0 radical (unpaired) electrons. The van der Waals surface area contributed by atoms with Crippen molar-refractivity contribution in [2.45, 2.75) is 31.7 Å². The molecule has 0 fully saturated rings. The molecular weight excluding hydrogens is 246 g/mol. The van der Waals surface area contributed by atoms with Crippen LogP contribution in [0.5, 0.6) is 0 Å². The SMILES string of the molecule is CCC(C(=O)[C@H](N)Cc1ccccc1)c1ccccc1. The maximum Gasteiger partial charge on any atom is 0.157 e. The zero-order valence-corrected chi connectivity index (χ0v) is 11.8. The van der Waals surface area contributed by atoms with E-state index in [1.807, 2.05) is 67.6 Å². The molecule has 0 aliphatic rings. The average Bonchev–Trinajstić information content (AvgIpc) is 2.50. The Balaban J connectivity index is 2.09. The third-order valence-corrected chi connectivity index (χ3v) is 3.62. The summed E-state index contributed by atoms with van der Waals surface area (Å²) in [5.41, 5.74) is 8.28. The molecule has 2 N–H and O–H groups in total. The van der Waals surface area contributed by atoms with Crippen molar-refractivity contribution in [3.63, 3.8) is 0 Å². The Bertz CT molecular complexity index is 536. The standard InChI is InChI=1S/C18H21NO/c1-2-16(15-11-7-4-8-12-15)18(20)17(19)13-14-9-5-3-6-10-14/h3-12,16-17H,2,13,19H2,1H3/t16?,17-/m1/s1. The molecule has 2 aromatic rings. The minimum absolute atomic E-state index is 0.102. The highest BCUT2D eigenvalue weighted by molar-refractivity contribution is 5.90. The van der Waals surface area contributed by atoms with Gasteiger partial charge in [0.2, 0.25) is 0 Å². The number of hydrogen-bond acceptors (Lipinski definition) is 2. The number of ketones is 1. The Morgan fingerprint density at radius 1 is 1.00 bits per heavy atom. The van der Waals surface area contributed by atoms with Gasteiger partial charge in [-0.2, -0.15) is 0 Å². The summed E-state index contributed by atoms with van der Waals surface area (Å²) < 4.78 is 0. The zero-order chi connectivity index (χ0) is 14.4. The van der Waals surface area contributed by atoms with E-state index in [1.165, 1.54) is 0 Å². The van der Waals surface area contributed by atoms with Crippen molar-refractivity contribution < 1.29 is 4.79 Å². The predicted octanol–water partition coefficient (Wildman–Crippen LogP) is 3.32. The first-order valence-electron chi connectivity index (χ1n) is 7.10. The summed E-state index contributed by atoms with van der Waals surface area (Å²) in [5.74, 6) is 0.0254. The fourth-order valence-electron chi connectivity index (χ4n) is 2.51. The second-order valence-electron chi connectivity index (χ2n) is 5.07. The van der Waals surface area contributed by atoms with Gasteiger partial charge in [-0.3, -0.25) is 4.79 Å². The molecule has 0 aliphatic carbocycles. The van der Waals surface area contributed by atoms with E-state index in [0.29, 0.717) is 6.42 Å². The van der Waals surface area contributed by atoms with Gasteiger partial charge in [-0.05, 0) is 24.0 Å². The third-order valence-electron chi connectivity index (χ3n) is 3.62. The summed E-state index contributed by atoms with van der Waals surface area (Å²) >= 11 is 0. The monoisotopic (exact) mass is 267 g/mol. The Hall–Kier alpha value is -1.93. The van der Waals surface area contributed by atoms with Gasteiger partial charge >= 0.3 is 0 Å². The molecule has 0 spiro atoms. The van der Waals surface area contributed by atoms with Crippen molar-refractivity contribution in [3.8, 4) is 0 Å². The number of nitrogens with two attached hydrogens (primary N) is 1. The molecule has 0 amide bonds. The number of hydrogen-bond donors (Lipinski definition) is 1. The first kappa shape index (κ1) is 14.5. The van der Waals surface area contributed by atoms with E-state index in [9.17, 15) is 4.79 Å². The van der Waals surface area contributed by atoms with Crippen molar-refractivity contribution in [1.82, 2.24) is 0 Å². The molecule has 0 bridgehead atoms. The molecule has 0 saturated carbocycles. The summed E-state index contributed by atoms with van der Waals surface area (Å²) in [7, 11) is 0. The van der Waals surface area contributed by atoms with Gasteiger partial charge < -0.3 is 5.73 Å². The van der Waals surface area contributed by atoms with E-state index in [2.05, 4.69) is 0 Å². The first-order chi connectivity index (χ1) is 9.72. The minimum Gasteiger partial charge on any atom is -0.321 e. The van der Waals surface area contributed by atoms with Gasteiger partial charge in [-0.15, -0.1) is 0 Å². The van der Waals surface area contributed by atoms with Crippen molar-refractivity contribution in [1.29, 1.82) is 0 Å². The second kappa shape index (κ2) is 7.01. The molecule has 0 heterocycles. The average molecular weight is 267 g/mol. The zero-order valence-electron chi connectivity index (χ0n) is 11.8. The first-order valence-corrected chi connectivity index (χ1v) is 7.10. The lowest BCUT2D eigenvalue weighted by Crippen LogP contribution is -2.36. The van der Waals surface area contributed by atoms with E-state index in [1.54, 1.807) is 0 Å². The smallest absolute Gasteiger partial charge is 0.157 e. The van der Waals surface area contributed by atoms with Crippen LogP contribution in [0.1, 0.15) is 30.4 Å². The van der Waals surface area contributed by atoms with Crippen LogP contribution in [0, 0.1) is 0 Å². The molecule has 0 saturated heterocycles. The van der Waals surface area contributed by atoms with Crippen LogP contribution >= 0.6 is 0 Å². The molecule has 0 aromatic heterocycles. The van der Waals surface area contributed by atoms with Crippen LogP contribution in [0.2, 0.25) is 0 Å². The number of carbonyl (C=O) groups excluding carboxylic acids is 1. The fraction of sp³-hybridized carbons (Fsp3) is 0.278. The van der Waals surface area contributed by atoms with E-state index in [4.69, 9.17) is 5.73 Å². The maximum absolute atomic E-state index is 12.6. The van der Waals surface area contributed by atoms with Gasteiger partial charge in [0.1, 0.15) is 0 Å². The number of carbonyl (C=O) groups is 1. The van der Waals surface area contributed by atoms with E-state index < -0.39 is 6.04 Å². The molecule has 2 rings (SSSR count). The normalized spacial score (nSPS) is 13.7. The van der Waals surface area contributed by atoms with Gasteiger partial charge in [0, 0.05) is 5.92 Å². The van der Waals surface area contributed by atoms with E-state index >= 15 is 0 Å². The van der Waals surface area contributed by atoms with Crippen LogP contribution in [0.4, 0.5) is 0 Å². The highest BCUT2D eigenvalue weighted by Crippen LogP contribution is 2.22. The fourth-order valence-corrected chi connectivity index (χ4v) is 2.51. The van der Waals surface area contributed by atoms with Crippen LogP contribution in [-0.4, -0.2) is 11.8 Å².